The fourth-order valence-electron chi connectivity index (χ4n) is 1.32. The molecule has 0 bridgehead atoms. The van der Waals surface area contributed by atoms with Crippen molar-refractivity contribution in [2.24, 2.45) is 11.3 Å². The molecule has 1 aliphatic carbocycles. The number of allylic oxidation sites excluding steroid dienone is 1. The predicted octanol–water partition coefficient (Wildman–Crippen LogP) is 1.72. The van der Waals surface area contributed by atoms with E-state index in [1.165, 1.54) is 0 Å². The fraction of sp³-hybridized carbons (Fsp3) is 0.700. The maximum atomic E-state index is 11.4. The van der Waals surface area contributed by atoms with E-state index in [0.29, 0.717) is 6.54 Å². The molecule has 0 heterocycles. The van der Waals surface area contributed by atoms with E-state index in [2.05, 4.69) is 19.2 Å². The maximum absolute atomic E-state index is 11.4. The second-order valence-corrected chi connectivity index (χ2v) is 4.06. The third-order valence-corrected chi connectivity index (χ3v) is 2.46. The van der Waals surface area contributed by atoms with Crippen molar-refractivity contribution < 1.29 is 4.79 Å². The summed E-state index contributed by atoms with van der Waals surface area (Å²) < 4.78 is 0. The zero-order valence-electron chi connectivity index (χ0n) is 8.05. The third-order valence-electron chi connectivity index (χ3n) is 2.46. The van der Waals surface area contributed by atoms with Gasteiger partial charge in [0.05, 0.1) is 0 Å². The molecule has 1 atom stereocenters. The molecule has 1 unspecified atom stereocenters. The van der Waals surface area contributed by atoms with Crippen molar-refractivity contribution >= 4 is 5.91 Å². The smallest absolute Gasteiger partial charge is 0.223 e. The molecule has 0 aliphatic heterocycles. The minimum Gasteiger partial charge on any atom is -0.352 e. The van der Waals surface area contributed by atoms with Crippen LogP contribution in [0.25, 0.3) is 0 Å². The lowest BCUT2D eigenvalue weighted by atomic mass is 10.1. The van der Waals surface area contributed by atoms with Gasteiger partial charge in [-0.2, -0.15) is 0 Å². The van der Waals surface area contributed by atoms with E-state index in [1.54, 1.807) is 0 Å². The molecular formula is C10H17NO. The highest BCUT2D eigenvalue weighted by molar-refractivity contribution is 5.82. The Hall–Kier alpha value is -0.790. The van der Waals surface area contributed by atoms with Crippen molar-refractivity contribution in [2.45, 2.75) is 27.2 Å². The summed E-state index contributed by atoms with van der Waals surface area (Å²) in [5, 5.41) is 2.88. The number of amides is 1. The van der Waals surface area contributed by atoms with Gasteiger partial charge in [-0.25, -0.2) is 0 Å². The van der Waals surface area contributed by atoms with Crippen molar-refractivity contribution in [3.05, 3.63) is 12.2 Å². The van der Waals surface area contributed by atoms with Gasteiger partial charge in [0.15, 0.2) is 0 Å². The van der Waals surface area contributed by atoms with Crippen LogP contribution >= 0.6 is 0 Å². The lowest BCUT2D eigenvalue weighted by Crippen LogP contribution is -2.26. The van der Waals surface area contributed by atoms with Crippen LogP contribution in [0.5, 0.6) is 0 Å². The number of hydrogen-bond acceptors (Lipinski definition) is 1. The zero-order chi connectivity index (χ0) is 9.19. The van der Waals surface area contributed by atoms with Crippen LogP contribution in [0.3, 0.4) is 0 Å². The second-order valence-electron chi connectivity index (χ2n) is 4.06. The first-order valence-corrected chi connectivity index (χ1v) is 4.47. The topological polar surface area (TPSA) is 29.1 Å². The van der Waals surface area contributed by atoms with Crippen LogP contribution in [-0.2, 0) is 4.79 Å². The minimum absolute atomic E-state index is 0.207. The quantitative estimate of drug-likeness (QED) is 0.637. The summed E-state index contributed by atoms with van der Waals surface area (Å²) >= 11 is 0. The Morgan fingerprint density at radius 1 is 1.67 bits per heavy atom. The van der Waals surface area contributed by atoms with Gasteiger partial charge in [-0.1, -0.05) is 26.0 Å². The Balaban J connectivity index is 2.23. The molecule has 1 aliphatic rings. The molecule has 1 amide bonds. The summed E-state index contributed by atoms with van der Waals surface area (Å²) in [6, 6.07) is 0. The van der Waals surface area contributed by atoms with E-state index in [4.69, 9.17) is 0 Å². The highest BCUT2D eigenvalue weighted by atomic mass is 16.2. The Bertz CT molecular complexity index is 206. The largest absolute Gasteiger partial charge is 0.352 e. The Morgan fingerprint density at radius 3 is 2.67 bits per heavy atom. The molecule has 0 radical (unpaired) electrons. The van der Waals surface area contributed by atoms with Gasteiger partial charge in [-0.15, -0.1) is 0 Å². The molecule has 0 spiro atoms. The molecule has 0 saturated heterocycles. The first-order chi connectivity index (χ1) is 5.58. The van der Waals surface area contributed by atoms with E-state index in [1.807, 2.05) is 19.1 Å². The van der Waals surface area contributed by atoms with Gasteiger partial charge in [0.2, 0.25) is 5.91 Å². The van der Waals surface area contributed by atoms with E-state index in [9.17, 15) is 4.79 Å². The van der Waals surface area contributed by atoms with Gasteiger partial charge >= 0.3 is 0 Å². The average molecular weight is 167 g/mol. The lowest BCUT2D eigenvalue weighted by Gasteiger charge is -2.03. The van der Waals surface area contributed by atoms with Gasteiger partial charge in [0, 0.05) is 12.5 Å². The molecule has 2 heteroatoms. The molecule has 1 N–H and O–H groups in total. The molecule has 1 fully saturated rings. The molecule has 12 heavy (non-hydrogen) atoms. The van der Waals surface area contributed by atoms with E-state index in [-0.39, 0.29) is 17.2 Å². The molecule has 68 valence electrons. The third kappa shape index (κ3) is 2.10. The number of carbonyl (C=O) groups is 1. The number of hydrogen-bond donors (Lipinski definition) is 1. The summed E-state index contributed by atoms with van der Waals surface area (Å²) in [5.74, 6) is 0.459. The second kappa shape index (κ2) is 3.30. The van der Waals surface area contributed by atoms with Gasteiger partial charge in [-0.05, 0) is 18.8 Å². The first-order valence-electron chi connectivity index (χ1n) is 4.47. The fourth-order valence-corrected chi connectivity index (χ4v) is 1.32. The van der Waals surface area contributed by atoms with E-state index < -0.39 is 0 Å². The molecule has 2 nitrogen and oxygen atoms in total. The SMILES string of the molecule is C/C=C/CNC(=O)C1CC1(C)C. The number of carbonyl (C=O) groups excluding carboxylic acids is 1. The highest BCUT2D eigenvalue weighted by Gasteiger charge is 2.50. The summed E-state index contributed by atoms with van der Waals surface area (Å²) in [6.07, 6.45) is 4.93. The minimum atomic E-state index is 0.207. The Kier molecular flexibility index (Phi) is 2.55. The Morgan fingerprint density at radius 2 is 2.25 bits per heavy atom. The highest BCUT2D eigenvalue weighted by Crippen LogP contribution is 2.51. The van der Waals surface area contributed by atoms with Crippen LogP contribution in [-0.4, -0.2) is 12.5 Å². The van der Waals surface area contributed by atoms with E-state index in [0.717, 1.165) is 6.42 Å². The van der Waals surface area contributed by atoms with Crippen molar-refractivity contribution in [3.63, 3.8) is 0 Å². The molecule has 1 rings (SSSR count). The summed E-state index contributed by atoms with van der Waals surface area (Å²) in [7, 11) is 0. The van der Waals surface area contributed by atoms with E-state index >= 15 is 0 Å². The van der Waals surface area contributed by atoms with Crippen LogP contribution < -0.4 is 5.32 Å². The average Bonchev–Trinajstić information content (AvgIpc) is 2.60. The molecular weight excluding hydrogens is 150 g/mol. The Labute approximate surface area is 74.0 Å². The summed E-state index contributed by atoms with van der Waals surface area (Å²) in [6.45, 7) is 6.88. The van der Waals surface area contributed by atoms with Crippen molar-refractivity contribution in [1.29, 1.82) is 0 Å². The monoisotopic (exact) mass is 167 g/mol. The molecule has 0 aromatic rings. The number of nitrogens with one attached hydrogen (secondary N) is 1. The maximum Gasteiger partial charge on any atom is 0.223 e. The van der Waals surface area contributed by atoms with Gasteiger partial charge < -0.3 is 5.32 Å². The zero-order valence-corrected chi connectivity index (χ0v) is 8.05. The predicted molar refractivity (Wildman–Crippen MR) is 49.7 cm³/mol. The van der Waals surface area contributed by atoms with Gasteiger partial charge in [-0.3, -0.25) is 4.79 Å². The van der Waals surface area contributed by atoms with Crippen LogP contribution in [0.4, 0.5) is 0 Å². The van der Waals surface area contributed by atoms with Crippen molar-refractivity contribution in [3.8, 4) is 0 Å². The van der Waals surface area contributed by atoms with Gasteiger partial charge in [0.25, 0.3) is 0 Å². The van der Waals surface area contributed by atoms with Crippen molar-refractivity contribution in [2.75, 3.05) is 6.54 Å². The lowest BCUT2D eigenvalue weighted by molar-refractivity contribution is -0.122. The molecule has 0 aromatic heterocycles. The first kappa shape index (κ1) is 9.30. The summed E-state index contributed by atoms with van der Waals surface area (Å²) in [5.41, 5.74) is 0.250. The normalized spacial score (nSPS) is 25.8. The van der Waals surface area contributed by atoms with Crippen LogP contribution in [0.15, 0.2) is 12.2 Å². The number of rotatable bonds is 3. The van der Waals surface area contributed by atoms with Crippen LogP contribution in [0.1, 0.15) is 27.2 Å². The summed E-state index contributed by atoms with van der Waals surface area (Å²) in [4.78, 5) is 11.4. The van der Waals surface area contributed by atoms with Crippen LogP contribution in [0, 0.1) is 11.3 Å². The van der Waals surface area contributed by atoms with Crippen LogP contribution in [0.2, 0.25) is 0 Å². The van der Waals surface area contributed by atoms with Crippen molar-refractivity contribution in [1.82, 2.24) is 5.32 Å². The van der Waals surface area contributed by atoms with Gasteiger partial charge in [0.1, 0.15) is 0 Å². The molecule has 0 aromatic carbocycles. The standard InChI is InChI=1S/C10H17NO/c1-4-5-6-11-9(12)8-7-10(8,2)3/h4-5,8H,6-7H2,1-3H3,(H,11,12)/b5-4+. The molecule has 1 saturated carbocycles.